The second kappa shape index (κ2) is 66.3. The molecule has 0 atom stereocenters. The number of aliphatic hydroxyl groups is 1. The zero-order chi connectivity index (χ0) is 2.00. The summed E-state index contributed by atoms with van der Waals surface area (Å²) in [6.45, 7) is 0. The first-order valence-electron chi connectivity index (χ1n) is 0.447. The van der Waals surface area contributed by atoms with Gasteiger partial charge in [-0.1, -0.05) is 0 Å². The number of aliphatic hydroxyl groups excluding tert-OH is 1. The molecule has 0 saturated carbocycles. The molecule has 0 bridgehead atoms. The molecule has 0 heterocycles. The second-order valence-electron chi connectivity index (χ2n) is 0. The van der Waals surface area contributed by atoms with E-state index in [0.29, 0.717) is 0 Å². The van der Waals surface area contributed by atoms with Gasteiger partial charge in [-0.25, -0.2) is 0 Å². The van der Waals surface area contributed by atoms with Gasteiger partial charge in [0.05, 0.1) is 0 Å². The summed E-state index contributed by atoms with van der Waals surface area (Å²) in [6.07, 6.45) is 0. The van der Waals surface area contributed by atoms with Crippen molar-refractivity contribution in [3.05, 3.63) is 0 Å². The Bertz CT molecular complexity index is 6.00. The second-order valence-corrected chi connectivity index (χ2v) is 0. The fourth-order valence-corrected chi connectivity index (χ4v) is 0. The minimum Gasteiger partial charge on any atom is -0.412 e. The molecule has 0 aromatic carbocycles. The molecule has 32 valence electrons. The van der Waals surface area contributed by atoms with Gasteiger partial charge in [-0.15, -0.1) is 0 Å². The molecule has 0 aromatic rings. The summed E-state index contributed by atoms with van der Waals surface area (Å²) in [5.41, 5.74) is 0. The largest absolute Gasteiger partial charge is 0.412 e. The summed E-state index contributed by atoms with van der Waals surface area (Å²) in [6, 6.07) is 0. The van der Waals surface area contributed by atoms with Gasteiger partial charge in [-0.2, -0.15) is 0 Å². The number of hydrogen-bond donors (Lipinski definition) is 1. The van der Waals surface area contributed by atoms with Crippen LogP contribution in [0.5, 0.6) is 0 Å². The van der Waals surface area contributed by atoms with Crippen molar-refractivity contribution in [2.45, 2.75) is 0 Å². The summed E-state index contributed by atoms with van der Waals surface area (Å²) in [5, 5.41) is 7.00. The van der Waals surface area contributed by atoms with Crippen LogP contribution in [-0.2, 0) is 21.1 Å². The zero-order valence-corrected chi connectivity index (χ0v) is 4.54. The molecule has 4 heavy (non-hydrogen) atoms. The van der Waals surface area contributed by atoms with Gasteiger partial charge in [0, 0.05) is 28.2 Å². The minimum atomic E-state index is 0. The van der Waals surface area contributed by atoms with Crippen molar-refractivity contribution in [1.82, 2.24) is 0 Å². The molecule has 2 nitrogen and oxygen atoms in total. The van der Waals surface area contributed by atoms with E-state index in [1.165, 1.54) is 0 Å². The van der Waals surface area contributed by atoms with Gasteiger partial charge >= 0.3 is 0 Å². The first kappa shape index (κ1) is 23.2. The van der Waals surface area contributed by atoms with Crippen LogP contribution in [0.25, 0.3) is 0 Å². The molecular weight excluding hydrogens is 239 g/mol. The summed E-state index contributed by atoms with van der Waals surface area (Å²) >= 11 is 0. The fraction of sp³-hybridized carbons (Fsp3) is 1.00. The van der Waals surface area contributed by atoms with Crippen LogP contribution in [0.3, 0.4) is 0 Å². The predicted molar refractivity (Wildman–Crippen MR) is 11.8 cm³/mol. The van der Waals surface area contributed by atoms with E-state index in [0.717, 1.165) is 7.11 Å². The van der Waals surface area contributed by atoms with Gasteiger partial charge in [0.1, 0.15) is 0 Å². The van der Waals surface area contributed by atoms with E-state index in [9.17, 15) is 0 Å². The predicted octanol–water partition coefficient (Wildman–Crippen LogP) is -1.22. The molecule has 3 N–H and O–H groups in total. The third kappa shape index (κ3) is 18.2. The maximum atomic E-state index is 7.00. The first-order chi connectivity index (χ1) is 1.00. The van der Waals surface area contributed by atoms with E-state index in [1.807, 2.05) is 0 Å². The van der Waals surface area contributed by atoms with Gasteiger partial charge in [0.15, 0.2) is 0 Å². The standard InChI is InChI=1S/CH4O.H2O.Pt/c1-2;;/h2H,1H3;1H2;. The Balaban J connectivity index is -0.00000000500. The van der Waals surface area contributed by atoms with Gasteiger partial charge in [0.25, 0.3) is 0 Å². The van der Waals surface area contributed by atoms with Crippen LogP contribution in [0, 0.1) is 0 Å². The van der Waals surface area contributed by atoms with Gasteiger partial charge in [-0.05, 0) is 0 Å². The fourth-order valence-electron chi connectivity index (χ4n) is 0. The summed E-state index contributed by atoms with van der Waals surface area (Å²) in [4.78, 5) is 0. The normalized spacial score (nSPS) is 1.50. The zero-order valence-electron chi connectivity index (χ0n) is 2.26. The van der Waals surface area contributed by atoms with Crippen LogP contribution in [0.15, 0.2) is 0 Å². The van der Waals surface area contributed by atoms with Crippen LogP contribution in [0.2, 0.25) is 0 Å². The van der Waals surface area contributed by atoms with E-state index < -0.39 is 0 Å². The van der Waals surface area contributed by atoms with Crippen molar-refractivity contribution in [3.8, 4) is 0 Å². The Hall–Kier alpha value is 0.608. The molecule has 0 spiro atoms. The molecule has 0 saturated heterocycles. The third-order valence-electron chi connectivity index (χ3n) is 0. The topological polar surface area (TPSA) is 51.7 Å². The van der Waals surface area contributed by atoms with Crippen LogP contribution < -0.4 is 0 Å². The summed E-state index contributed by atoms with van der Waals surface area (Å²) in [5.74, 6) is 0. The van der Waals surface area contributed by atoms with Crippen LogP contribution in [0.4, 0.5) is 0 Å². The van der Waals surface area contributed by atoms with Gasteiger partial charge in [0.2, 0.25) is 0 Å². The summed E-state index contributed by atoms with van der Waals surface area (Å²) in [7, 11) is 1.00. The number of hydrogen-bond acceptors (Lipinski definition) is 1. The van der Waals surface area contributed by atoms with Crippen LogP contribution in [0.1, 0.15) is 0 Å². The molecule has 0 rings (SSSR count). The smallest absolute Gasteiger partial charge is 0.0319 e. The van der Waals surface area contributed by atoms with E-state index in [-0.39, 0.29) is 26.5 Å². The summed E-state index contributed by atoms with van der Waals surface area (Å²) < 4.78 is 0. The maximum Gasteiger partial charge on any atom is 0.0319 e. The van der Waals surface area contributed by atoms with Crippen molar-refractivity contribution >= 4 is 0 Å². The third-order valence-corrected chi connectivity index (χ3v) is 0. The van der Waals surface area contributed by atoms with E-state index in [1.54, 1.807) is 0 Å². The average molecular weight is 245 g/mol. The van der Waals surface area contributed by atoms with Gasteiger partial charge < -0.3 is 10.6 Å². The molecule has 0 fully saturated rings. The Labute approximate surface area is 39.4 Å². The Morgan fingerprint density at radius 3 is 1.25 bits per heavy atom. The van der Waals surface area contributed by atoms with Crippen LogP contribution >= 0.6 is 0 Å². The molecule has 0 amide bonds. The van der Waals surface area contributed by atoms with Crippen LogP contribution in [-0.4, -0.2) is 17.7 Å². The van der Waals surface area contributed by atoms with Crippen molar-refractivity contribution in [3.63, 3.8) is 0 Å². The molecule has 0 unspecified atom stereocenters. The molecule has 0 aliphatic rings. The average Bonchev–Trinajstić information content (AvgIpc) is 1.00. The molecule has 3 heteroatoms. The Morgan fingerprint density at radius 2 is 1.25 bits per heavy atom. The molecule has 0 aliphatic heterocycles. The van der Waals surface area contributed by atoms with E-state index >= 15 is 0 Å². The molecule has 0 aliphatic carbocycles. The minimum absolute atomic E-state index is 0. The van der Waals surface area contributed by atoms with Crippen molar-refractivity contribution in [2.75, 3.05) is 7.11 Å². The molecular formula is CH6O2Pt. The van der Waals surface area contributed by atoms with E-state index in [4.69, 9.17) is 5.11 Å². The maximum absolute atomic E-state index is 7.00. The Kier molecular flexibility index (Phi) is 385. The van der Waals surface area contributed by atoms with E-state index in [2.05, 4.69) is 0 Å². The SMILES string of the molecule is CO.O.[Pt]. The van der Waals surface area contributed by atoms with Crippen molar-refractivity contribution in [2.24, 2.45) is 0 Å². The molecule has 0 aromatic heterocycles. The first-order valence-corrected chi connectivity index (χ1v) is 0.447. The molecule has 0 radical (unpaired) electrons. The monoisotopic (exact) mass is 245 g/mol. The number of rotatable bonds is 0. The van der Waals surface area contributed by atoms with Crippen molar-refractivity contribution < 1.29 is 31.6 Å². The quantitative estimate of drug-likeness (QED) is 0.571. The van der Waals surface area contributed by atoms with Gasteiger partial charge in [-0.3, -0.25) is 0 Å². The Morgan fingerprint density at radius 1 is 1.25 bits per heavy atom. The van der Waals surface area contributed by atoms with Crippen molar-refractivity contribution in [1.29, 1.82) is 0 Å².